The Morgan fingerprint density at radius 3 is 2.92 bits per heavy atom. The minimum atomic E-state index is -0.645. The van der Waals surface area contributed by atoms with Gasteiger partial charge in [0.2, 0.25) is 0 Å². The van der Waals surface area contributed by atoms with Gasteiger partial charge in [-0.1, -0.05) is 18.7 Å². The molecule has 0 aliphatic carbocycles. The number of hydrogen-bond acceptors (Lipinski definition) is 1. The van der Waals surface area contributed by atoms with E-state index in [2.05, 4.69) is 6.58 Å². The van der Waals surface area contributed by atoms with Crippen LogP contribution in [0.15, 0.2) is 36.6 Å². The Labute approximate surface area is 71.5 Å². The highest BCUT2D eigenvalue weighted by molar-refractivity contribution is 5.28. The summed E-state index contributed by atoms with van der Waals surface area (Å²) in [4.78, 5) is 0. The van der Waals surface area contributed by atoms with Gasteiger partial charge in [0, 0.05) is 0 Å². The molecule has 0 N–H and O–H groups in total. The van der Waals surface area contributed by atoms with Crippen molar-refractivity contribution in [3.05, 3.63) is 42.2 Å². The van der Waals surface area contributed by atoms with Crippen molar-refractivity contribution in [2.24, 2.45) is 0 Å². The Bertz CT molecular complexity index is 281. The molecule has 0 heterocycles. The van der Waals surface area contributed by atoms with E-state index < -0.39 is 6.67 Å². The van der Waals surface area contributed by atoms with E-state index in [9.17, 15) is 4.39 Å². The molecule has 0 spiro atoms. The molecule has 1 nitrogen and oxygen atoms in total. The second kappa shape index (κ2) is 3.90. The Kier molecular flexibility index (Phi) is 2.86. The number of rotatable bonds is 3. The maximum atomic E-state index is 11.9. The van der Waals surface area contributed by atoms with Crippen LogP contribution < -0.4 is 4.74 Å². The normalized spacial score (nSPS) is 9.50. The van der Waals surface area contributed by atoms with E-state index in [-0.39, 0.29) is 5.76 Å². The first-order chi connectivity index (χ1) is 5.72. The summed E-state index contributed by atoms with van der Waals surface area (Å²) in [6.07, 6.45) is 0. The molecule has 0 bridgehead atoms. The Morgan fingerprint density at radius 2 is 2.33 bits per heavy atom. The molecule has 0 radical (unpaired) electrons. The predicted molar refractivity (Wildman–Crippen MR) is 46.9 cm³/mol. The fourth-order valence-electron chi connectivity index (χ4n) is 0.873. The van der Waals surface area contributed by atoms with Gasteiger partial charge < -0.3 is 4.74 Å². The summed E-state index contributed by atoms with van der Waals surface area (Å²) < 4.78 is 17.0. The van der Waals surface area contributed by atoms with Gasteiger partial charge in [-0.15, -0.1) is 0 Å². The molecule has 0 aliphatic rings. The Balaban J connectivity index is 2.69. The van der Waals surface area contributed by atoms with Crippen LogP contribution in [0.1, 0.15) is 5.56 Å². The molecule has 1 aromatic rings. The third kappa shape index (κ3) is 2.38. The highest BCUT2D eigenvalue weighted by Crippen LogP contribution is 2.14. The zero-order valence-electron chi connectivity index (χ0n) is 7.01. The van der Waals surface area contributed by atoms with Crippen LogP contribution in [0.4, 0.5) is 4.39 Å². The molecule has 0 saturated heterocycles. The van der Waals surface area contributed by atoms with E-state index in [0.717, 1.165) is 5.56 Å². The summed E-state index contributed by atoms with van der Waals surface area (Å²) in [6.45, 7) is 4.71. The number of allylic oxidation sites excluding steroid dienone is 1. The van der Waals surface area contributed by atoms with E-state index in [4.69, 9.17) is 4.74 Å². The first-order valence-corrected chi connectivity index (χ1v) is 3.70. The average Bonchev–Trinajstić information content (AvgIpc) is 2.04. The maximum absolute atomic E-state index is 11.9. The third-order valence-electron chi connectivity index (χ3n) is 1.40. The lowest BCUT2D eigenvalue weighted by Crippen LogP contribution is -1.94. The van der Waals surface area contributed by atoms with Gasteiger partial charge in [0.05, 0.1) is 0 Å². The monoisotopic (exact) mass is 166 g/mol. The maximum Gasteiger partial charge on any atom is 0.147 e. The molecule has 0 unspecified atom stereocenters. The van der Waals surface area contributed by atoms with Gasteiger partial charge in [0.25, 0.3) is 0 Å². The fraction of sp³-hybridized carbons (Fsp3) is 0.200. The van der Waals surface area contributed by atoms with Crippen molar-refractivity contribution in [3.8, 4) is 5.75 Å². The number of aryl methyl sites for hydroxylation is 1. The van der Waals surface area contributed by atoms with Crippen LogP contribution >= 0.6 is 0 Å². The van der Waals surface area contributed by atoms with E-state index in [1.807, 2.05) is 25.1 Å². The first-order valence-electron chi connectivity index (χ1n) is 3.70. The summed E-state index contributed by atoms with van der Waals surface area (Å²) in [5.41, 5.74) is 1.08. The number of benzene rings is 1. The summed E-state index contributed by atoms with van der Waals surface area (Å²) in [7, 11) is 0. The van der Waals surface area contributed by atoms with Crippen LogP contribution in [0.3, 0.4) is 0 Å². The van der Waals surface area contributed by atoms with Crippen LogP contribution in [0, 0.1) is 6.92 Å². The molecule has 0 aliphatic heterocycles. The zero-order valence-corrected chi connectivity index (χ0v) is 7.01. The molecule has 0 amide bonds. The molecule has 64 valence electrons. The minimum absolute atomic E-state index is 0.139. The standard InChI is InChI=1S/C10H11FO/c1-8-4-3-5-10(6-8)12-9(2)7-11/h3-6H,2,7H2,1H3. The summed E-state index contributed by atoms with van der Waals surface area (Å²) in [6, 6.07) is 7.41. The third-order valence-corrected chi connectivity index (χ3v) is 1.40. The number of hydrogen-bond donors (Lipinski definition) is 0. The first kappa shape index (κ1) is 8.78. The van der Waals surface area contributed by atoms with E-state index in [0.29, 0.717) is 5.75 Å². The van der Waals surface area contributed by atoms with Crippen LogP contribution in [-0.4, -0.2) is 6.67 Å². The molecular weight excluding hydrogens is 155 g/mol. The number of halogens is 1. The lowest BCUT2D eigenvalue weighted by Gasteiger charge is -2.05. The van der Waals surface area contributed by atoms with Gasteiger partial charge in [0.15, 0.2) is 0 Å². The predicted octanol–water partition coefficient (Wildman–Crippen LogP) is 2.86. The van der Waals surface area contributed by atoms with Crippen LogP contribution in [0.25, 0.3) is 0 Å². The second-order valence-electron chi connectivity index (χ2n) is 2.59. The Hall–Kier alpha value is -1.31. The molecule has 1 rings (SSSR count). The van der Waals surface area contributed by atoms with E-state index in [1.165, 1.54) is 0 Å². The largest absolute Gasteiger partial charge is 0.460 e. The topological polar surface area (TPSA) is 9.23 Å². The summed E-state index contributed by atoms with van der Waals surface area (Å²) >= 11 is 0. The van der Waals surface area contributed by atoms with Crippen LogP contribution in [-0.2, 0) is 0 Å². The summed E-state index contributed by atoms with van der Waals surface area (Å²) in [5, 5.41) is 0. The van der Waals surface area contributed by atoms with Crippen molar-refractivity contribution in [2.75, 3.05) is 6.67 Å². The van der Waals surface area contributed by atoms with Gasteiger partial charge in [-0.25, -0.2) is 4.39 Å². The Morgan fingerprint density at radius 1 is 1.58 bits per heavy atom. The highest BCUT2D eigenvalue weighted by atomic mass is 19.1. The van der Waals surface area contributed by atoms with E-state index >= 15 is 0 Å². The van der Waals surface area contributed by atoms with Gasteiger partial charge in [-0.05, 0) is 24.6 Å². The molecule has 1 aromatic carbocycles. The van der Waals surface area contributed by atoms with Gasteiger partial charge in [0.1, 0.15) is 18.2 Å². The molecular formula is C10H11FO. The van der Waals surface area contributed by atoms with E-state index in [1.54, 1.807) is 6.07 Å². The molecule has 0 saturated carbocycles. The molecule has 2 heteroatoms. The highest BCUT2D eigenvalue weighted by Gasteiger charge is 1.96. The minimum Gasteiger partial charge on any atom is -0.460 e. The lowest BCUT2D eigenvalue weighted by molar-refractivity contribution is 0.361. The SMILES string of the molecule is C=C(CF)Oc1cccc(C)c1. The average molecular weight is 166 g/mol. The van der Waals surface area contributed by atoms with Gasteiger partial charge >= 0.3 is 0 Å². The van der Waals surface area contributed by atoms with Crippen LogP contribution in [0.5, 0.6) is 5.75 Å². The fourth-order valence-corrected chi connectivity index (χ4v) is 0.873. The van der Waals surface area contributed by atoms with Crippen molar-refractivity contribution in [1.29, 1.82) is 0 Å². The van der Waals surface area contributed by atoms with Crippen LogP contribution in [0.2, 0.25) is 0 Å². The summed E-state index contributed by atoms with van der Waals surface area (Å²) in [5.74, 6) is 0.776. The smallest absolute Gasteiger partial charge is 0.147 e. The number of ether oxygens (including phenoxy) is 1. The molecule has 0 aromatic heterocycles. The second-order valence-corrected chi connectivity index (χ2v) is 2.59. The zero-order chi connectivity index (χ0) is 8.97. The number of alkyl halides is 1. The quantitative estimate of drug-likeness (QED) is 0.627. The van der Waals surface area contributed by atoms with Crippen molar-refractivity contribution < 1.29 is 9.13 Å². The van der Waals surface area contributed by atoms with Crippen molar-refractivity contribution in [3.63, 3.8) is 0 Å². The molecule has 12 heavy (non-hydrogen) atoms. The molecule has 0 atom stereocenters. The van der Waals surface area contributed by atoms with Gasteiger partial charge in [-0.2, -0.15) is 0 Å². The van der Waals surface area contributed by atoms with Crippen molar-refractivity contribution >= 4 is 0 Å². The van der Waals surface area contributed by atoms with Gasteiger partial charge in [-0.3, -0.25) is 0 Å². The van der Waals surface area contributed by atoms with Crippen molar-refractivity contribution in [2.45, 2.75) is 6.92 Å². The van der Waals surface area contributed by atoms with Crippen molar-refractivity contribution in [1.82, 2.24) is 0 Å². The molecule has 0 fully saturated rings. The lowest BCUT2D eigenvalue weighted by atomic mass is 10.2.